The summed E-state index contributed by atoms with van der Waals surface area (Å²) in [5.74, 6) is -0.0614. The Hall–Kier alpha value is -2.22. The molecule has 1 aliphatic heterocycles. The Balaban J connectivity index is 1.50. The normalized spacial score (nSPS) is 16.1. The van der Waals surface area contributed by atoms with E-state index in [1.165, 1.54) is 4.31 Å². The van der Waals surface area contributed by atoms with Gasteiger partial charge in [0.25, 0.3) is 0 Å². The van der Waals surface area contributed by atoms with Crippen LogP contribution in [0, 0.1) is 13.8 Å². The molecular formula is C21H27N3O3S. The van der Waals surface area contributed by atoms with Crippen LogP contribution in [-0.4, -0.2) is 56.3 Å². The van der Waals surface area contributed by atoms with Gasteiger partial charge in [0.2, 0.25) is 15.9 Å². The Morgan fingerprint density at radius 3 is 2.32 bits per heavy atom. The number of amides is 1. The highest BCUT2D eigenvalue weighted by atomic mass is 32.2. The molecule has 3 rings (SSSR count). The van der Waals surface area contributed by atoms with E-state index in [-0.39, 0.29) is 18.2 Å². The first-order valence-electron chi connectivity index (χ1n) is 9.45. The van der Waals surface area contributed by atoms with Crippen LogP contribution in [0.3, 0.4) is 0 Å². The molecule has 1 saturated heterocycles. The number of hydrogen-bond acceptors (Lipinski definition) is 4. The van der Waals surface area contributed by atoms with Crippen molar-refractivity contribution in [1.29, 1.82) is 0 Å². The van der Waals surface area contributed by atoms with Crippen LogP contribution in [0.5, 0.6) is 0 Å². The van der Waals surface area contributed by atoms with Crippen LogP contribution in [-0.2, 0) is 20.6 Å². The number of hydrogen-bond donors (Lipinski definition) is 1. The number of nitrogens with one attached hydrogen (secondary N) is 1. The quantitative estimate of drug-likeness (QED) is 0.807. The number of anilines is 1. The van der Waals surface area contributed by atoms with Crippen LogP contribution in [0.1, 0.15) is 16.7 Å². The maximum absolute atomic E-state index is 12.6. The average molecular weight is 402 g/mol. The van der Waals surface area contributed by atoms with Gasteiger partial charge in [0.15, 0.2) is 0 Å². The largest absolute Gasteiger partial charge is 0.325 e. The molecule has 1 fully saturated rings. The highest BCUT2D eigenvalue weighted by molar-refractivity contribution is 7.88. The van der Waals surface area contributed by atoms with Crippen LogP contribution in [0.25, 0.3) is 0 Å². The highest BCUT2D eigenvalue weighted by Gasteiger charge is 2.27. The third-order valence-electron chi connectivity index (χ3n) is 4.94. The maximum Gasteiger partial charge on any atom is 0.238 e. The first-order valence-corrected chi connectivity index (χ1v) is 11.1. The van der Waals surface area contributed by atoms with Crippen LogP contribution < -0.4 is 5.32 Å². The van der Waals surface area contributed by atoms with Gasteiger partial charge in [-0.1, -0.05) is 48.0 Å². The molecule has 1 heterocycles. The molecule has 2 aromatic rings. The lowest BCUT2D eigenvalue weighted by Gasteiger charge is -2.33. The number of sulfonamides is 1. The first kappa shape index (κ1) is 20.5. The molecule has 6 nitrogen and oxygen atoms in total. The molecular weight excluding hydrogens is 374 g/mol. The van der Waals surface area contributed by atoms with Gasteiger partial charge in [0, 0.05) is 31.9 Å². The lowest BCUT2D eigenvalue weighted by molar-refractivity contribution is -0.117. The number of benzene rings is 2. The van der Waals surface area contributed by atoms with Crippen LogP contribution in [0.2, 0.25) is 0 Å². The predicted molar refractivity (Wildman–Crippen MR) is 112 cm³/mol. The zero-order chi connectivity index (χ0) is 20.1. The van der Waals surface area contributed by atoms with Crippen molar-refractivity contribution < 1.29 is 13.2 Å². The Morgan fingerprint density at radius 2 is 1.68 bits per heavy atom. The van der Waals surface area contributed by atoms with E-state index in [1.54, 1.807) is 0 Å². The molecule has 0 bridgehead atoms. The minimum atomic E-state index is -3.34. The summed E-state index contributed by atoms with van der Waals surface area (Å²) in [5, 5.41) is 2.95. The monoisotopic (exact) mass is 401 g/mol. The van der Waals surface area contributed by atoms with Crippen LogP contribution in [0.4, 0.5) is 5.69 Å². The van der Waals surface area contributed by atoms with Crippen molar-refractivity contribution in [2.75, 3.05) is 38.0 Å². The summed E-state index contributed by atoms with van der Waals surface area (Å²) in [7, 11) is -3.34. The van der Waals surface area contributed by atoms with Crippen molar-refractivity contribution >= 4 is 21.6 Å². The zero-order valence-corrected chi connectivity index (χ0v) is 17.2. The predicted octanol–water partition coefficient (Wildman–Crippen LogP) is 2.39. The molecule has 0 aromatic heterocycles. The van der Waals surface area contributed by atoms with E-state index >= 15 is 0 Å². The molecule has 7 heteroatoms. The Morgan fingerprint density at radius 1 is 1.00 bits per heavy atom. The Labute approximate surface area is 167 Å². The third-order valence-corrected chi connectivity index (χ3v) is 6.79. The molecule has 0 atom stereocenters. The SMILES string of the molecule is Cc1ccc(NC(=O)CN2CCN(S(=O)(=O)Cc3ccccc3)CC2)c(C)c1. The molecule has 1 N–H and O–H groups in total. The van der Waals surface area contributed by atoms with Crippen molar-refractivity contribution in [3.63, 3.8) is 0 Å². The lowest BCUT2D eigenvalue weighted by Crippen LogP contribution is -2.50. The Kier molecular flexibility index (Phi) is 6.49. The van der Waals surface area contributed by atoms with Gasteiger partial charge in [-0.3, -0.25) is 9.69 Å². The molecule has 0 radical (unpaired) electrons. The number of aryl methyl sites for hydroxylation is 2. The van der Waals surface area contributed by atoms with E-state index in [0.717, 1.165) is 22.4 Å². The summed E-state index contributed by atoms with van der Waals surface area (Å²) in [6.45, 7) is 6.17. The van der Waals surface area contributed by atoms with Crippen LogP contribution >= 0.6 is 0 Å². The molecule has 0 spiro atoms. The Bertz CT molecular complexity index is 921. The van der Waals surface area contributed by atoms with E-state index in [9.17, 15) is 13.2 Å². The molecule has 0 saturated carbocycles. The smallest absolute Gasteiger partial charge is 0.238 e. The molecule has 0 aliphatic carbocycles. The fourth-order valence-electron chi connectivity index (χ4n) is 3.39. The van der Waals surface area contributed by atoms with Gasteiger partial charge in [-0.15, -0.1) is 0 Å². The van der Waals surface area contributed by atoms with Crippen molar-refractivity contribution in [3.05, 3.63) is 65.2 Å². The molecule has 1 aliphatic rings. The van der Waals surface area contributed by atoms with Crippen molar-refractivity contribution in [1.82, 2.24) is 9.21 Å². The second kappa shape index (κ2) is 8.86. The minimum Gasteiger partial charge on any atom is -0.325 e. The molecule has 1 amide bonds. The summed E-state index contributed by atoms with van der Waals surface area (Å²) < 4.78 is 26.8. The average Bonchev–Trinajstić information content (AvgIpc) is 2.65. The van der Waals surface area contributed by atoms with Crippen molar-refractivity contribution in [3.8, 4) is 0 Å². The van der Waals surface area contributed by atoms with Gasteiger partial charge in [0.05, 0.1) is 12.3 Å². The summed E-state index contributed by atoms with van der Waals surface area (Å²) in [6, 6.07) is 15.1. The minimum absolute atomic E-state index is 0.0149. The van der Waals surface area contributed by atoms with Gasteiger partial charge >= 0.3 is 0 Å². The van der Waals surface area contributed by atoms with Crippen molar-refractivity contribution in [2.24, 2.45) is 0 Å². The van der Waals surface area contributed by atoms with E-state index in [4.69, 9.17) is 0 Å². The van der Waals surface area contributed by atoms with Crippen molar-refractivity contribution in [2.45, 2.75) is 19.6 Å². The fourth-order valence-corrected chi connectivity index (χ4v) is 4.90. The van der Waals surface area contributed by atoms with Gasteiger partial charge in [-0.05, 0) is 31.0 Å². The number of carbonyl (C=O) groups excluding carboxylic acids is 1. The summed E-state index contributed by atoms with van der Waals surface area (Å²) >= 11 is 0. The standard InChI is InChI=1S/C21H27N3O3S/c1-17-8-9-20(18(2)14-17)22-21(25)15-23-10-12-24(13-11-23)28(26,27)16-19-6-4-3-5-7-19/h3-9,14H,10-13,15-16H2,1-2H3,(H,22,25). The summed E-state index contributed by atoms with van der Waals surface area (Å²) in [6.07, 6.45) is 0. The first-order chi connectivity index (χ1) is 13.3. The zero-order valence-electron chi connectivity index (χ0n) is 16.4. The molecule has 2 aromatic carbocycles. The second-order valence-electron chi connectivity index (χ2n) is 7.28. The molecule has 0 unspecified atom stereocenters. The highest BCUT2D eigenvalue weighted by Crippen LogP contribution is 2.17. The van der Waals surface area contributed by atoms with Gasteiger partial charge in [-0.2, -0.15) is 4.31 Å². The summed E-state index contributed by atoms with van der Waals surface area (Å²) in [5.41, 5.74) is 3.80. The van der Waals surface area contributed by atoms with E-state index < -0.39 is 10.0 Å². The fraction of sp³-hybridized carbons (Fsp3) is 0.381. The van der Waals surface area contributed by atoms with E-state index in [0.29, 0.717) is 26.2 Å². The van der Waals surface area contributed by atoms with Gasteiger partial charge in [0.1, 0.15) is 0 Å². The lowest BCUT2D eigenvalue weighted by atomic mass is 10.1. The number of rotatable bonds is 6. The topological polar surface area (TPSA) is 69.7 Å². The second-order valence-corrected chi connectivity index (χ2v) is 9.25. The molecule has 150 valence electrons. The van der Waals surface area contributed by atoms with Gasteiger partial charge in [-0.25, -0.2) is 8.42 Å². The number of piperazine rings is 1. The number of nitrogens with zero attached hydrogens (tertiary/aromatic N) is 2. The van der Waals surface area contributed by atoms with E-state index in [1.807, 2.05) is 67.3 Å². The third kappa shape index (κ3) is 5.41. The van der Waals surface area contributed by atoms with Crippen LogP contribution in [0.15, 0.2) is 48.5 Å². The summed E-state index contributed by atoms with van der Waals surface area (Å²) in [4.78, 5) is 14.3. The van der Waals surface area contributed by atoms with E-state index in [2.05, 4.69) is 5.32 Å². The maximum atomic E-state index is 12.6. The number of carbonyl (C=O) groups is 1. The molecule has 28 heavy (non-hydrogen) atoms. The van der Waals surface area contributed by atoms with Gasteiger partial charge < -0.3 is 5.32 Å².